The van der Waals surface area contributed by atoms with Gasteiger partial charge in [0.2, 0.25) is 5.91 Å². The standard InChI is InChI=1S/C13H17BrN2O2S/c14-12-3-1-11(19-12)2-4-13(18)16-7-5-15(6-8-16)9-10-17/h1-4,17H,5-10H2. The summed E-state index contributed by atoms with van der Waals surface area (Å²) in [6, 6.07) is 3.96. The summed E-state index contributed by atoms with van der Waals surface area (Å²) in [6.45, 7) is 4.02. The fourth-order valence-corrected chi connectivity index (χ4v) is 3.34. The second kappa shape index (κ2) is 7.19. The van der Waals surface area contributed by atoms with Gasteiger partial charge in [-0.25, -0.2) is 0 Å². The van der Waals surface area contributed by atoms with Crippen LogP contribution in [0.15, 0.2) is 22.0 Å². The van der Waals surface area contributed by atoms with E-state index in [1.807, 2.05) is 23.1 Å². The molecule has 0 saturated carbocycles. The summed E-state index contributed by atoms with van der Waals surface area (Å²) < 4.78 is 1.07. The topological polar surface area (TPSA) is 43.8 Å². The van der Waals surface area contributed by atoms with E-state index in [1.54, 1.807) is 17.4 Å². The molecule has 1 amide bonds. The number of rotatable bonds is 4. The quantitative estimate of drug-likeness (QED) is 0.845. The van der Waals surface area contributed by atoms with Gasteiger partial charge >= 0.3 is 0 Å². The summed E-state index contributed by atoms with van der Waals surface area (Å²) in [4.78, 5) is 17.1. The summed E-state index contributed by atoms with van der Waals surface area (Å²) in [5, 5.41) is 8.87. The molecule has 1 fully saturated rings. The maximum Gasteiger partial charge on any atom is 0.246 e. The molecule has 1 aromatic heterocycles. The summed E-state index contributed by atoms with van der Waals surface area (Å²) in [7, 11) is 0. The van der Waals surface area contributed by atoms with Gasteiger partial charge < -0.3 is 10.0 Å². The van der Waals surface area contributed by atoms with Gasteiger partial charge in [-0.05, 0) is 34.1 Å². The Kier molecular flexibility index (Phi) is 5.57. The van der Waals surface area contributed by atoms with Gasteiger partial charge in [0, 0.05) is 43.7 Å². The van der Waals surface area contributed by atoms with Crippen LogP contribution in [0.3, 0.4) is 0 Å². The number of piperazine rings is 1. The molecule has 104 valence electrons. The van der Waals surface area contributed by atoms with E-state index >= 15 is 0 Å². The maximum absolute atomic E-state index is 12.0. The van der Waals surface area contributed by atoms with E-state index in [2.05, 4.69) is 20.8 Å². The molecule has 1 aliphatic heterocycles. The molecule has 0 spiro atoms. The first-order valence-electron chi connectivity index (χ1n) is 6.24. The number of amides is 1. The second-order valence-electron chi connectivity index (χ2n) is 4.37. The zero-order valence-corrected chi connectivity index (χ0v) is 13.0. The maximum atomic E-state index is 12.0. The lowest BCUT2D eigenvalue weighted by molar-refractivity contribution is -0.127. The third-order valence-electron chi connectivity index (χ3n) is 3.08. The smallest absolute Gasteiger partial charge is 0.246 e. The summed E-state index contributed by atoms with van der Waals surface area (Å²) in [5.41, 5.74) is 0. The van der Waals surface area contributed by atoms with Gasteiger partial charge in [-0.1, -0.05) is 0 Å². The molecule has 19 heavy (non-hydrogen) atoms. The normalized spacial score (nSPS) is 17.3. The van der Waals surface area contributed by atoms with Crippen molar-refractivity contribution < 1.29 is 9.90 Å². The fourth-order valence-electron chi connectivity index (χ4n) is 2.01. The van der Waals surface area contributed by atoms with Gasteiger partial charge in [0.15, 0.2) is 0 Å². The van der Waals surface area contributed by atoms with E-state index in [4.69, 9.17) is 5.11 Å². The molecule has 0 radical (unpaired) electrons. The molecule has 4 nitrogen and oxygen atoms in total. The molecule has 0 atom stereocenters. The van der Waals surface area contributed by atoms with E-state index in [0.717, 1.165) is 34.8 Å². The van der Waals surface area contributed by atoms with Gasteiger partial charge in [0.25, 0.3) is 0 Å². The van der Waals surface area contributed by atoms with E-state index in [9.17, 15) is 4.79 Å². The first-order valence-corrected chi connectivity index (χ1v) is 7.85. The number of hydrogen-bond donors (Lipinski definition) is 1. The highest BCUT2D eigenvalue weighted by molar-refractivity contribution is 9.11. The molecule has 2 rings (SSSR count). The Hall–Kier alpha value is -0.690. The Bertz CT molecular complexity index is 453. The summed E-state index contributed by atoms with van der Waals surface area (Å²) >= 11 is 5.01. The lowest BCUT2D eigenvalue weighted by atomic mass is 10.3. The lowest BCUT2D eigenvalue weighted by Gasteiger charge is -2.33. The van der Waals surface area contributed by atoms with Crippen LogP contribution >= 0.6 is 27.3 Å². The number of aliphatic hydroxyl groups excluding tert-OH is 1. The number of carbonyl (C=O) groups excluding carboxylic acids is 1. The average molecular weight is 345 g/mol. The van der Waals surface area contributed by atoms with Crippen molar-refractivity contribution >= 4 is 39.2 Å². The van der Waals surface area contributed by atoms with E-state index in [-0.39, 0.29) is 12.5 Å². The molecule has 1 saturated heterocycles. The Balaban J connectivity index is 1.83. The van der Waals surface area contributed by atoms with Crippen LogP contribution in [-0.4, -0.2) is 60.1 Å². The number of carbonyl (C=O) groups is 1. The third kappa shape index (κ3) is 4.42. The Morgan fingerprint density at radius 1 is 1.37 bits per heavy atom. The Morgan fingerprint density at radius 3 is 2.68 bits per heavy atom. The first kappa shape index (κ1) is 14.7. The van der Waals surface area contributed by atoms with Crippen molar-refractivity contribution in [2.45, 2.75) is 0 Å². The molecule has 1 N–H and O–H groups in total. The van der Waals surface area contributed by atoms with Crippen molar-refractivity contribution in [3.8, 4) is 0 Å². The van der Waals surface area contributed by atoms with Crippen molar-refractivity contribution in [1.82, 2.24) is 9.80 Å². The van der Waals surface area contributed by atoms with E-state index in [1.165, 1.54) is 0 Å². The minimum Gasteiger partial charge on any atom is -0.395 e. The van der Waals surface area contributed by atoms with Gasteiger partial charge in [-0.3, -0.25) is 9.69 Å². The average Bonchev–Trinajstić information content (AvgIpc) is 2.83. The van der Waals surface area contributed by atoms with Crippen molar-refractivity contribution in [1.29, 1.82) is 0 Å². The zero-order valence-electron chi connectivity index (χ0n) is 10.6. The number of hydrogen-bond acceptors (Lipinski definition) is 4. The van der Waals surface area contributed by atoms with Gasteiger partial charge in [-0.15, -0.1) is 11.3 Å². The fraction of sp³-hybridized carbons (Fsp3) is 0.462. The number of aliphatic hydroxyl groups is 1. The van der Waals surface area contributed by atoms with Crippen LogP contribution in [0.1, 0.15) is 4.88 Å². The van der Waals surface area contributed by atoms with Crippen LogP contribution < -0.4 is 0 Å². The van der Waals surface area contributed by atoms with Crippen LogP contribution in [0.25, 0.3) is 6.08 Å². The predicted octanol–water partition coefficient (Wildman–Crippen LogP) is 1.66. The molecule has 0 bridgehead atoms. The van der Waals surface area contributed by atoms with Gasteiger partial charge in [0.05, 0.1) is 10.4 Å². The molecule has 0 aliphatic carbocycles. The van der Waals surface area contributed by atoms with E-state index < -0.39 is 0 Å². The van der Waals surface area contributed by atoms with Crippen molar-refractivity contribution in [3.63, 3.8) is 0 Å². The van der Waals surface area contributed by atoms with Gasteiger partial charge in [-0.2, -0.15) is 0 Å². The number of halogens is 1. The molecule has 6 heteroatoms. The van der Waals surface area contributed by atoms with E-state index in [0.29, 0.717) is 6.54 Å². The van der Waals surface area contributed by atoms with Gasteiger partial charge in [0.1, 0.15) is 0 Å². The van der Waals surface area contributed by atoms with Crippen molar-refractivity contribution in [2.75, 3.05) is 39.3 Å². The van der Waals surface area contributed by atoms with Crippen LogP contribution in [0.4, 0.5) is 0 Å². The molecular weight excluding hydrogens is 328 g/mol. The molecule has 1 aromatic rings. The Morgan fingerprint density at radius 2 is 2.11 bits per heavy atom. The van der Waals surface area contributed by atoms with Crippen LogP contribution in [0.2, 0.25) is 0 Å². The molecule has 0 aromatic carbocycles. The highest BCUT2D eigenvalue weighted by Crippen LogP contribution is 2.23. The SMILES string of the molecule is O=C(C=Cc1ccc(Br)s1)N1CCN(CCO)CC1. The summed E-state index contributed by atoms with van der Waals surface area (Å²) in [6.07, 6.45) is 3.50. The highest BCUT2D eigenvalue weighted by Gasteiger charge is 2.18. The largest absolute Gasteiger partial charge is 0.395 e. The monoisotopic (exact) mass is 344 g/mol. The second-order valence-corrected chi connectivity index (χ2v) is 6.86. The molecular formula is C13H17BrN2O2S. The Labute approximate surface area is 125 Å². The summed E-state index contributed by atoms with van der Waals surface area (Å²) in [5.74, 6) is 0.0631. The number of thiophene rings is 1. The van der Waals surface area contributed by atoms with Crippen molar-refractivity contribution in [2.24, 2.45) is 0 Å². The first-order chi connectivity index (χ1) is 9.19. The van der Waals surface area contributed by atoms with Crippen LogP contribution in [0.5, 0.6) is 0 Å². The minimum atomic E-state index is 0.0631. The molecule has 2 heterocycles. The minimum absolute atomic E-state index is 0.0631. The lowest BCUT2D eigenvalue weighted by Crippen LogP contribution is -2.48. The predicted molar refractivity (Wildman–Crippen MR) is 81.2 cm³/mol. The highest BCUT2D eigenvalue weighted by atomic mass is 79.9. The molecule has 0 unspecified atom stereocenters. The van der Waals surface area contributed by atoms with Crippen LogP contribution in [-0.2, 0) is 4.79 Å². The zero-order chi connectivity index (χ0) is 13.7. The number of nitrogens with zero attached hydrogens (tertiary/aromatic N) is 2. The van der Waals surface area contributed by atoms with Crippen molar-refractivity contribution in [3.05, 3.63) is 26.9 Å². The molecule has 1 aliphatic rings. The number of β-amino-alcohol motifs (C(OH)–C–C–N with tert-alkyl or cyclic N) is 1. The third-order valence-corrected chi connectivity index (χ3v) is 4.67. The van der Waals surface area contributed by atoms with Crippen LogP contribution in [0, 0.1) is 0 Å².